The van der Waals surface area contributed by atoms with Crippen LogP contribution >= 0.6 is 0 Å². The Morgan fingerprint density at radius 3 is 2.39 bits per heavy atom. The predicted octanol–water partition coefficient (Wildman–Crippen LogP) is 3.91. The quantitative estimate of drug-likeness (QED) is 0.798. The van der Waals surface area contributed by atoms with E-state index < -0.39 is 0 Å². The van der Waals surface area contributed by atoms with Crippen LogP contribution in [0.5, 0.6) is 0 Å². The zero-order valence-electron chi connectivity index (χ0n) is 11.7. The predicted molar refractivity (Wildman–Crippen MR) is 77.0 cm³/mol. The Hall–Kier alpha value is -0.820. The van der Waals surface area contributed by atoms with Crippen LogP contribution < -0.4 is 5.32 Å². The molecule has 0 saturated heterocycles. The minimum absolute atomic E-state index is 0.764. The first-order valence-corrected chi connectivity index (χ1v) is 7.54. The molecule has 1 aromatic rings. The van der Waals surface area contributed by atoms with E-state index in [1.54, 1.807) is 11.1 Å². The summed E-state index contributed by atoms with van der Waals surface area (Å²) in [4.78, 5) is 0. The van der Waals surface area contributed by atoms with Gasteiger partial charge in [0.15, 0.2) is 0 Å². The zero-order valence-corrected chi connectivity index (χ0v) is 11.7. The van der Waals surface area contributed by atoms with E-state index in [0.29, 0.717) is 0 Å². The second-order valence-electron chi connectivity index (χ2n) is 6.60. The molecular formula is C17H25N. The first-order chi connectivity index (χ1) is 8.74. The Kier molecular flexibility index (Phi) is 3.43. The van der Waals surface area contributed by atoms with E-state index in [2.05, 4.69) is 43.4 Å². The van der Waals surface area contributed by atoms with Gasteiger partial charge >= 0.3 is 0 Å². The lowest BCUT2D eigenvalue weighted by Crippen LogP contribution is -2.22. The summed E-state index contributed by atoms with van der Waals surface area (Å²) in [5.74, 6) is 3.37. The summed E-state index contributed by atoms with van der Waals surface area (Å²) in [7, 11) is 0. The van der Waals surface area contributed by atoms with Crippen LogP contribution in [0.2, 0.25) is 0 Å². The van der Waals surface area contributed by atoms with Gasteiger partial charge in [0.05, 0.1) is 0 Å². The fourth-order valence-electron chi connectivity index (χ4n) is 2.87. The van der Waals surface area contributed by atoms with E-state index in [-0.39, 0.29) is 0 Å². The van der Waals surface area contributed by atoms with Gasteiger partial charge in [-0.15, -0.1) is 0 Å². The van der Waals surface area contributed by atoms with Gasteiger partial charge in [-0.2, -0.15) is 0 Å². The smallest absolute Gasteiger partial charge is 0.00143 e. The van der Waals surface area contributed by atoms with Gasteiger partial charge in [0.1, 0.15) is 0 Å². The van der Waals surface area contributed by atoms with E-state index in [1.165, 1.54) is 25.8 Å². The van der Waals surface area contributed by atoms with Crippen molar-refractivity contribution in [3.63, 3.8) is 0 Å². The van der Waals surface area contributed by atoms with Gasteiger partial charge < -0.3 is 5.32 Å². The number of hydrogen-bond acceptors (Lipinski definition) is 1. The van der Waals surface area contributed by atoms with E-state index in [4.69, 9.17) is 0 Å². The van der Waals surface area contributed by atoms with E-state index in [9.17, 15) is 0 Å². The van der Waals surface area contributed by atoms with Crippen molar-refractivity contribution in [2.24, 2.45) is 11.8 Å². The molecule has 1 N–H and O–H groups in total. The second kappa shape index (κ2) is 5.05. The summed E-state index contributed by atoms with van der Waals surface area (Å²) in [5, 5.41) is 3.59. The van der Waals surface area contributed by atoms with Gasteiger partial charge in [0.2, 0.25) is 0 Å². The fourth-order valence-corrected chi connectivity index (χ4v) is 2.87. The summed E-state index contributed by atoms with van der Waals surface area (Å²) in [6.45, 7) is 6.90. The summed E-state index contributed by atoms with van der Waals surface area (Å²) >= 11 is 0. The third kappa shape index (κ3) is 2.95. The summed E-state index contributed by atoms with van der Waals surface area (Å²) in [6.07, 6.45) is 4.20. The maximum atomic E-state index is 3.59. The van der Waals surface area contributed by atoms with Crippen molar-refractivity contribution in [2.45, 2.75) is 44.9 Å². The number of hydrogen-bond donors (Lipinski definition) is 1. The Morgan fingerprint density at radius 2 is 1.78 bits per heavy atom. The van der Waals surface area contributed by atoms with Crippen LogP contribution in [-0.2, 0) is 0 Å². The minimum Gasteiger partial charge on any atom is -0.316 e. The van der Waals surface area contributed by atoms with Crippen molar-refractivity contribution < 1.29 is 0 Å². The first-order valence-electron chi connectivity index (χ1n) is 7.54. The zero-order chi connectivity index (χ0) is 12.5. The molecule has 0 spiro atoms. The average molecular weight is 243 g/mol. The molecule has 0 aliphatic heterocycles. The monoisotopic (exact) mass is 243 g/mol. The molecule has 0 amide bonds. The topological polar surface area (TPSA) is 12.0 Å². The van der Waals surface area contributed by atoms with E-state index in [0.717, 1.165) is 30.2 Å². The van der Waals surface area contributed by atoms with Gasteiger partial charge in [-0.05, 0) is 67.2 Å². The lowest BCUT2D eigenvalue weighted by molar-refractivity contribution is 0.532. The van der Waals surface area contributed by atoms with E-state index >= 15 is 0 Å². The molecule has 2 aliphatic rings. The molecule has 0 aromatic heterocycles. The maximum Gasteiger partial charge on any atom is -0.00143 e. The Morgan fingerprint density at radius 1 is 1.11 bits per heavy atom. The fraction of sp³-hybridized carbons (Fsp3) is 0.647. The Bertz CT molecular complexity index is 389. The SMILES string of the molecule is CC(C)CNCC1CC1c1ccc(C2CC2)cc1. The molecule has 3 rings (SSSR count). The highest BCUT2D eigenvalue weighted by Crippen LogP contribution is 2.48. The Labute approximate surface area is 111 Å². The standard InChI is InChI=1S/C17H25N/c1-12(2)10-18-11-16-9-17(16)15-7-5-14(6-8-15)13-3-4-13/h5-8,12-13,16-18H,3-4,9-11H2,1-2H3. The number of nitrogens with one attached hydrogen (secondary N) is 1. The third-order valence-corrected chi connectivity index (χ3v) is 4.30. The van der Waals surface area contributed by atoms with Crippen molar-refractivity contribution in [3.8, 4) is 0 Å². The van der Waals surface area contributed by atoms with Crippen LogP contribution in [0.1, 0.15) is 56.1 Å². The van der Waals surface area contributed by atoms with Crippen molar-refractivity contribution >= 4 is 0 Å². The van der Waals surface area contributed by atoms with Crippen LogP contribution in [-0.4, -0.2) is 13.1 Å². The largest absolute Gasteiger partial charge is 0.316 e. The highest BCUT2D eigenvalue weighted by atomic mass is 14.9. The Balaban J connectivity index is 1.48. The summed E-state index contributed by atoms with van der Waals surface area (Å²) in [6, 6.07) is 9.48. The molecule has 1 heteroatoms. The van der Waals surface area contributed by atoms with Gasteiger partial charge in [0.25, 0.3) is 0 Å². The molecule has 2 saturated carbocycles. The highest BCUT2D eigenvalue weighted by molar-refractivity contribution is 5.32. The molecule has 0 bridgehead atoms. The molecule has 0 radical (unpaired) electrons. The highest BCUT2D eigenvalue weighted by Gasteiger charge is 2.37. The first kappa shape index (κ1) is 12.2. The molecular weight excluding hydrogens is 218 g/mol. The van der Waals surface area contributed by atoms with Crippen LogP contribution in [0, 0.1) is 11.8 Å². The molecule has 2 aliphatic carbocycles. The second-order valence-corrected chi connectivity index (χ2v) is 6.60. The van der Waals surface area contributed by atoms with Gasteiger partial charge in [-0.1, -0.05) is 38.1 Å². The molecule has 1 aromatic carbocycles. The summed E-state index contributed by atoms with van der Waals surface area (Å²) < 4.78 is 0. The maximum absolute atomic E-state index is 3.59. The van der Waals surface area contributed by atoms with Crippen molar-refractivity contribution in [1.29, 1.82) is 0 Å². The van der Waals surface area contributed by atoms with Crippen LogP contribution in [0.15, 0.2) is 24.3 Å². The number of benzene rings is 1. The minimum atomic E-state index is 0.764. The molecule has 2 fully saturated rings. The van der Waals surface area contributed by atoms with E-state index in [1.807, 2.05) is 0 Å². The van der Waals surface area contributed by atoms with Gasteiger partial charge in [-0.25, -0.2) is 0 Å². The van der Waals surface area contributed by atoms with Crippen LogP contribution in [0.3, 0.4) is 0 Å². The molecule has 18 heavy (non-hydrogen) atoms. The van der Waals surface area contributed by atoms with Gasteiger partial charge in [-0.3, -0.25) is 0 Å². The average Bonchev–Trinajstić information content (AvgIpc) is 3.24. The summed E-state index contributed by atoms with van der Waals surface area (Å²) in [5.41, 5.74) is 3.13. The van der Waals surface area contributed by atoms with Crippen molar-refractivity contribution in [2.75, 3.05) is 13.1 Å². The lowest BCUT2D eigenvalue weighted by Gasteiger charge is -2.07. The van der Waals surface area contributed by atoms with Gasteiger partial charge in [0, 0.05) is 0 Å². The van der Waals surface area contributed by atoms with Crippen LogP contribution in [0.4, 0.5) is 0 Å². The van der Waals surface area contributed by atoms with Crippen molar-refractivity contribution in [1.82, 2.24) is 5.32 Å². The van der Waals surface area contributed by atoms with Crippen molar-refractivity contribution in [3.05, 3.63) is 35.4 Å². The molecule has 2 unspecified atom stereocenters. The van der Waals surface area contributed by atoms with Crippen LogP contribution in [0.25, 0.3) is 0 Å². The molecule has 0 heterocycles. The molecule has 1 nitrogen and oxygen atoms in total. The number of rotatable bonds is 6. The lowest BCUT2D eigenvalue weighted by atomic mass is 10.0. The molecule has 98 valence electrons. The molecule has 2 atom stereocenters. The normalized spacial score (nSPS) is 26.6. The third-order valence-electron chi connectivity index (χ3n) is 4.30.